The van der Waals surface area contributed by atoms with Crippen LogP contribution >= 0.6 is 15.9 Å². The molecule has 88 valence electrons. The maximum atomic E-state index is 5.63. The van der Waals surface area contributed by atoms with Crippen molar-refractivity contribution in [3.63, 3.8) is 0 Å². The Bertz CT molecular complexity index is 333. The van der Waals surface area contributed by atoms with Crippen LogP contribution in [0.15, 0.2) is 24.3 Å². The maximum Gasteiger partial charge on any atom is 0.122 e. The van der Waals surface area contributed by atoms with Gasteiger partial charge >= 0.3 is 0 Å². The zero-order valence-electron chi connectivity index (χ0n) is 9.79. The number of aryl methyl sites for hydroxylation is 1. The standard InChI is InChI=1S/C14H19BrO/c1-2-16-14-6-4-3-5-12(14)9-10-13(15)11-7-8-11/h3-6,11,13H,2,7-10H2,1H3. The summed E-state index contributed by atoms with van der Waals surface area (Å²) >= 11 is 3.78. The number of ether oxygens (including phenoxy) is 1. The molecule has 0 heterocycles. The minimum Gasteiger partial charge on any atom is -0.494 e. The normalized spacial score (nSPS) is 17.1. The lowest BCUT2D eigenvalue weighted by Gasteiger charge is -2.12. The third-order valence-electron chi connectivity index (χ3n) is 3.10. The van der Waals surface area contributed by atoms with Crippen LogP contribution in [0, 0.1) is 5.92 Å². The van der Waals surface area contributed by atoms with Gasteiger partial charge in [0.25, 0.3) is 0 Å². The topological polar surface area (TPSA) is 9.23 Å². The molecule has 1 aliphatic rings. The Morgan fingerprint density at radius 2 is 2.12 bits per heavy atom. The smallest absolute Gasteiger partial charge is 0.122 e. The Balaban J connectivity index is 1.91. The summed E-state index contributed by atoms with van der Waals surface area (Å²) in [7, 11) is 0. The first-order valence-electron chi connectivity index (χ1n) is 6.16. The molecule has 0 spiro atoms. The third-order valence-corrected chi connectivity index (χ3v) is 4.30. The molecule has 0 saturated heterocycles. The molecule has 0 radical (unpaired) electrons. The molecule has 1 fully saturated rings. The van der Waals surface area contributed by atoms with Gasteiger partial charge in [0.15, 0.2) is 0 Å². The van der Waals surface area contributed by atoms with Crippen LogP contribution in [0.4, 0.5) is 0 Å². The Morgan fingerprint density at radius 3 is 2.81 bits per heavy atom. The van der Waals surface area contributed by atoms with Gasteiger partial charge in [0, 0.05) is 4.83 Å². The Labute approximate surface area is 106 Å². The average Bonchev–Trinajstić information content (AvgIpc) is 3.12. The van der Waals surface area contributed by atoms with Crippen LogP contribution in [-0.4, -0.2) is 11.4 Å². The largest absolute Gasteiger partial charge is 0.494 e. The van der Waals surface area contributed by atoms with Crippen LogP contribution < -0.4 is 4.74 Å². The second-order valence-electron chi connectivity index (χ2n) is 4.43. The molecule has 1 nitrogen and oxygen atoms in total. The van der Waals surface area contributed by atoms with E-state index in [1.807, 2.05) is 13.0 Å². The molecule has 0 amide bonds. The van der Waals surface area contributed by atoms with Crippen LogP contribution in [0.25, 0.3) is 0 Å². The van der Waals surface area contributed by atoms with Crippen molar-refractivity contribution in [1.82, 2.24) is 0 Å². The van der Waals surface area contributed by atoms with E-state index in [4.69, 9.17) is 4.74 Å². The molecule has 1 unspecified atom stereocenters. The van der Waals surface area contributed by atoms with Crippen molar-refractivity contribution in [2.75, 3.05) is 6.61 Å². The predicted molar refractivity (Wildman–Crippen MR) is 71.4 cm³/mol. The van der Waals surface area contributed by atoms with E-state index in [2.05, 4.69) is 34.1 Å². The van der Waals surface area contributed by atoms with Gasteiger partial charge in [-0.15, -0.1) is 0 Å². The maximum absolute atomic E-state index is 5.63. The van der Waals surface area contributed by atoms with E-state index >= 15 is 0 Å². The SMILES string of the molecule is CCOc1ccccc1CCC(Br)C1CC1. The second kappa shape index (κ2) is 5.72. The fraction of sp³-hybridized carbons (Fsp3) is 0.571. The van der Waals surface area contributed by atoms with Gasteiger partial charge in [-0.3, -0.25) is 0 Å². The summed E-state index contributed by atoms with van der Waals surface area (Å²) in [6.45, 7) is 2.78. The Morgan fingerprint density at radius 1 is 1.38 bits per heavy atom. The first-order chi connectivity index (χ1) is 7.81. The Hall–Kier alpha value is -0.500. The number of hydrogen-bond donors (Lipinski definition) is 0. The highest BCUT2D eigenvalue weighted by Crippen LogP contribution is 2.39. The molecule has 1 aromatic carbocycles. The molecule has 2 heteroatoms. The molecule has 16 heavy (non-hydrogen) atoms. The minimum absolute atomic E-state index is 0.696. The highest BCUT2D eigenvalue weighted by molar-refractivity contribution is 9.09. The van der Waals surface area contributed by atoms with E-state index in [1.165, 1.54) is 24.8 Å². The van der Waals surface area contributed by atoms with E-state index in [-0.39, 0.29) is 0 Å². The van der Waals surface area contributed by atoms with Gasteiger partial charge in [0.05, 0.1) is 6.61 Å². The summed E-state index contributed by atoms with van der Waals surface area (Å²) in [4.78, 5) is 0.696. The number of halogens is 1. The predicted octanol–water partition coefficient (Wildman–Crippen LogP) is 4.19. The van der Waals surface area contributed by atoms with Crippen molar-refractivity contribution in [3.8, 4) is 5.75 Å². The number of alkyl halides is 1. The highest BCUT2D eigenvalue weighted by Gasteiger charge is 2.28. The monoisotopic (exact) mass is 282 g/mol. The molecule has 2 rings (SSSR count). The van der Waals surface area contributed by atoms with E-state index in [1.54, 1.807) is 0 Å². The summed E-state index contributed by atoms with van der Waals surface area (Å²) in [5, 5.41) is 0. The van der Waals surface area contributed by atoms with Crippen LogP contribution in [-0.2, 0) is 6.42 Å². The van der Waals surface area contributed by atoms with Crippen LogP contribution in [0.5, 0.6) is 5.75 Å². The molecule has 0 aromatic heterocycles. The van der Waals surface area contributed by atoms with Gasteiger partial charge in [0.1, 0.15) is 5.75 Å². The third kappa shape index (κ3) is 3.24. The van der Waals surface area contributed by atoms with E-state index < -0.39 is 0 Å². The van der Waals surface area contributed by atoms with Gasteiger partial charge in [-0.25, -0.2) is 0 Å². The number of hydrogen-bond acceptors (Lipinski definition) is 1. The molecular formula is C14H19BrO. The van der Waals surface area contributed by atoms with E-state index in [0.29, 0.717) is 4.83 Å². The molecular weight excluding hydrogens is 264 g/mol. The van der Waals surface area contributed by atoms with Gasteiger partial charge in [-0.1, -0.05) is 34.1 Å². The van der Waals surface area contributed by atoms with Crippen molar-refractivity contribution in [2.45, 2.75) is 37.4 Å². The van der Waals surface area contributed by atoms with E-state index in [0.717, 1.165) is 24.7 Å². The van der Waals surface area contributed by atoms with Crippen molar-refractivity contribution in [2.24, 2.45) is 5.92 Å². The fourth-order valence-corrected chi connectivity index (χ4v) is 2.75. The highest BCUT2D eigenvalue weighted by atomic mass is 79.9. The van der Waals surface area contributed by atoms with Crippen molar-refractivity contribution < 1.29 is 4.74 Å². The molecule has 0 N–H and O–H groups in total. The van der Waals surface area contributed by atoms with Crippen molar-refractivity contribution >= 4 is 15.9 Å². The van der Waals surface area contributed by atoms with Crippen molar-refractivity contribution in [1.29, 1.82) is 0 Å². The molecule has 1 atom stereocenters. The van der Waals surface area contributed by atoms with Crippen LogP contribution in [0.3, 0.4) is 0 Å². The lowest BCUT2D eigenvalue weighted by Crippen LogP contribution is -2.04. The first-order valence-corrected chi connectivity index (χ1v) is 7.07. The lowest BCUT2D eigenvalue weighted by atomic mass is 10.1. The summed E-state index contributed by atoms with van der Waals surface area (Å²) in [6, 6.07) is 8.38. The van der Waals surface area contributed by atoms with Crippen molar-refractivity contribution in [3.05, 3.63) is 29.8 Å². The minimum atomic E-state index is 0.696. The lowest BCUT2D eigenvalue weighted by molar-refractivity contribution is 0.336. The first kappa shape index (κ1) is 12.0. The summed E-state index contributed by atoms with van der Waals surface area (Å²) in [5.74, 6) is 1.99. The zero-order chi connectivity index (χ0) is 11.4. The van der Waals surface area contributed by atoms with E-state index in [9.17, 15) is 0 Å². The number of rotatable bonds is 6. The molecule has 1 aliphatic carbocycles. The summed E-state index contributed by atoms with van der Waals surface area (Å²) in [6.07, 6.45) is 5.14. The molecule has 0 bridgehead atoms. The van der Waals surface area contributed by atoms with Gasteiger partial charge < -0.3 is 4.74 Å². The summed E-state index contributed by atoms with van der Waals surface area (Å²) < 4.78 is 5.63. The second-order valence-corrected chi connectivity index (χ2v) is 5.61. The molecule has 1 saturated carbocycles. The van der Waals surface area contributed by atoms with Gasteiger partial charge in [-0.05, 0) is 50.2 Å². The number of benzene rings is 1. The van der Waals surface area contributed by atoms with Crippen LogP contribution in [0.1, 0.15) is 31.7 Å². The van der Waals surface area contributed by atoms with Gasteiger partial charge in [-0.2, -0.15) is 0 Å². The van der Waals surface area contributed by atoms with Gasteiger partial charge in [0.2, 0.25) is 0 Å². The molecule has 0 aliphatic heterocycles. The average molecular weight is 283 g/mol. The van der Waals surface area contributed by atoms with Crippen LogP contribution in [0.2, 0.25) is 0 Å². The zero-order valence-corrected chi connectivity index (χ0v) is 11.4. The number of para-hydroxylation sites is 1. The quantitative estimate of drug-likeness (QED) is 0.711. The molecule has 1 aromatic rings. The summed E-state index contributed by atoms with van der Waals surface area (Å²) in [5.41, 5.74) is 1.34. The fourth-order valence-electron chi connectivity index (χ4n) is 1.99. The Kier molecular flexibility index (Phi) is 4.28.